The van der Waals surface area contributed by atoms with Gasteiger partial charge in [-0.1, -0.05) is 0 Å². The van der Waals surface area contributed by atoms with Gasteiger partial charge in [0.15, 0.2) is 0 Å². The van der Waals surface area contributed by atoms with Gasteiger partial charge in [-0.2, -0.15) is 0 Å². The molecule has 0 radical (unpaired) electrons. The van der Waals surface area contributed by atoms with Crippen LogP contribution in [0.5, 0.6) is 0 Å². The quantitative estimate of drug-likeness (QED) is 0.596. The standard InChI is InChI=1S/C7H11N3/c8-6-3-5(4-6)7-9-1-2-10-7/h1-2,5-6H,3-4,8H2,(H,9,10). The van der Waals surface area contributed by atoms with Gasteiger partial charge in [0.1, 0.15) is 5.82 Å². The van der Waals surface area contributed by atoms with Crippen LogP contribution >= 0.6 is 0 Å². The zero-order chi connectivity index (χ0) is 6.97. The number of H-pyrrole nitrogens is 1. The van der Waals surface area contributed by atoms with Gasteiger partial charge in [0.25, 0.3) is 0 Å². The number of aromatic nitrogens is 2. The number of rotatable bonds is 1. The van der Waals surface area contributed by atoms with Crippen LogP contribution in [0.4, 0.5) is 0 Å². The highest BCUT2D eigenvalue weighted by Crippen LogP contribution is 2.33. The summed E-state index contributed by atoms with van der Waals surface area (Å²) < 4.78 is 0. The van der Waals surface area contributed by atoms with Gasteiger partial charge in [-0.05, 0) is 12.8 Å². The molecule has 1 heterocycles. The highest BCUT2D eigenvalue weighted by atomic mass is 14.9. The molecule has 0 spiro atoms. The second-order valence-corrected chi connectivity index (χ2v) is 2.90. The van der Waals surface area contributed by atoms with Crippen molar-refractivity contribution < 1.29 is 0 Å². The SMILES string of the molecule is NC1CC(c2ncc[nH]2)C1. The summed E-state index contributed by atoms with van der Waals surface area (Å²) in [5, 5.41) is 0. The summed E-state index contributed by atoms with van der Waals surface area (Å²) in [5.74, 6) is 1.70. The normalized spacial score (nSPS) is 31.7. The summed E-state index contributed by atoms with van der Waals surface area (Å²) in [4.78, 5) is 7.25. The molecule has 10 heavy (non-hydrogen) atoms. The molecule has 1 aromatic heterocycles. The average Bonchev–Trinajstić information content (AvgIpc) is 2.31. The molecule has 0 amide bonds. The maximum atomic E-state index is 5.63. The average molecular weight is 137 g/mol. The third-order valence-corrected chi connectivity index (χ3v) is 2.08. The van der Waals surface area contributed by atoms with Gasteiger partial charge in [0.2, 0.25) is 0 Å². The van der Waals surface area contributed by atoms with E-state index in [-0.39, 0.29) is 0 Å². The van der Waals surface area contributed by atoms with Crippen LogP contribution in [0.25, 0.3) is 0 Å². The Hall–Kier alpha value is -0.830. The van der Waals surface area contributed by atoms with Crippen molar-refractivity contribution in [3.63, 3.8) is 0 Å². The summed E-state index contributed by atoms with van der Waals surface area (Å²) in [6.45, 7) is 0. The van der Waals surface area contributed by atoms with Crippen LogP contribution in [-0.4, -0.2) is 16.0 Å². The lowest BCUT2D eigenvalue weighted by Crippen LogP contribution is -2.35. The minimum Gasteiger partial charge on any atom is -0.348 e. The Morgan fingerprint density at radius 1 is 1.60 bits per heavy atom. The molecule has 0 saturated heterocycles. The highest BCUT2D eigenvalue weighted by Gasteiger charge is 2.28. The molecule has 0 atom stereocenters. The fourth-order valence-corrected chi connectivity index (χ4v) is 1.39. The molecule has 1 aliphatic rings. The first-order valence-corrected chi connectivity index (χ1v) is 3.61. The van der Waals surface area contributed by atoms with Gasteiger partial charge in [-0.3, -0.25) is 0 Å². The molecular formula is C7H11N3. The molecule has 0 bridgehead atoms. The van der Waals surface area contributed by atoms with Crippen molar-refractivity contribution in [2.24, 2.45) is 5.73 Å². The van der Waals surface area contributed by atoms with Gasteiger partial charge in [0, 0.05) is 24.4 Å². The third kappa shape index (κ3) is 0.827. The van der Waals surface area contributed by atoms with Crippen molar-refractivity contribution in [1.82, 2.24) is 9.97 Å². The second-order valence-electron chi connectivity index (χ2n) is 2.90. The van der Waals surface area contributed by atoms with E-state index in [1.807, 2.05) is 6.20 Å². The van der Waals surface area contributed by atoms with Gasteiger partial charge in [-0.25, -0.2) is 4.98 Å². The molecule has 3 nitrogen and oxygen atoms in total. The lowest BCUT2D eigenvalue weighted by Gasteiger charge is -2.30. The van der Waals surface area contributed by atoms with Crippen LogP contribution in [0.3, 0.4) is 0 Å². The van der Waals surface area contributed by atoms with E-state index >= 15 is 0 Å². The van der Waals surface area contributed by atoms with Gasteiger partial charge in [-0.15, -0.1) is 0 Å². The van der Waals surface area contributed by atoms with Gasteiger partial charge >= 0.3 is 0 Å². The minimum atomic E-state index is 0.412. The van der Waals surface area contributed by atoms with Crippen molar-refractivity contribution in [3.8, 4) is 0 Å². The van der Waals surface area contributed by atoms with E-state index in [1.54, 1.807) is 6.20 Å². The first kappa shape index (κ1) is 5.92. The molecule has 1 aromatic rings. The Bertz CT molecular complexity index is 199. The smallest absolute Gasteiger partial charge is 0.109 e. The molecule has 0 aromatic carbocycles. The van der Waals surface area contributed by atoms with E-state index in [9.17, 15) is 0 Å². The Kier molecular flexibility index (Phi) is 1.24. The minimum absolute atomic E-state index is 0.412. The molecule has 0 unspecified atom stereocenters. The van der Waals surface area contributed by atoms with Crippen molar-refractivity contribution in [2.45, 2.75) is 24.8 Å². The largest absolute Gasteiger partial charge is 0.348 e. The van der Waals surface area contributed by atoms with Gasteiger partial charge < -0.3 is 10.7 Å². The zero-order valence-corrected chi connectivity index (χ0v) is 5.75. The van der Waals surface area contributed by atoms with Crippen LogP contribution in [0, 0.1) is 0 Å². The molecule has 2 rings (SSSR count). The summed E-state index contributed by atoms with van der Waals surface area (Å²) in [7, 11) is 0. The highest BCUT2D eigenvalue weighted by molar-refractivity contribution is 5.04. The number of nitrogens with zero attached hydrogens (tertiary/aromatic N) is 1. The van der Waals surface area contributed by atoms with Crippen LogP contribution in [-0.2, 0) is 0 Å². The van der Waals surface area contributed by atoms with Crippen LogP contribution < -0.4 is 5.73 Å². The predicted octanol–water partition coefficient (Wildman–Crippen LogP) is 0.614. The Labute approximate surface area is 59.7 Å². The maximum absolute atomic E-state index is 5.63. The maximum Gasteiger partial charge on any atom is 0.109 e. The molecule has 3 heteroatoms. The first-order chi connectivity index (χ1) is 4.86. The lowest BCUT2D eigenvalue weighted by molar-refractivity contribution is 0.340. The number of aromatic amines is 1. The number of nitrogens with one attached hydrogen (secondary N) is 1. The Balaban J connectivity index is 2.04. The van der Waals surface area contributed by atoms with E-state index in [1.165, 1.54) is 0 Å². The summed E-state index contributed by atoms with van der Waals surface area (Å²) >= 11 is 0. The third-order valence-electron chi connectivity index (χ3n) is 2.08. The molecule has 1 aliphatic carbocycles. The van der Waals surface area contributed by atoms with E-state index < -0.39 is 0 Å². The molecule has 54 valence electrons. The number of hydrogen-bond acceptors (Lipinski definition) is 2. The summed E-state index contributed by atoms with van der Waals surface area (Å²) in [6, 6.07) is 0.412. The molecule has 1 saturated carbocycles. The van der Waals surface area contributed by atoms with E-state index in [2.05, 4.69) is 9.97 Å². The van der Waals surface area contributed by atoms with E-state index in [4.69, 9.17) is 5.73 Å². The van der Waals surface area contributed by atoms with Crippen molar-refractivity contribution >= 4 is 0 Å². The van der Waals surface area contributed by atoms with Crippen LogP contribution in [0.1, 0.15) is 24.6 Å². The van der Waals surface area contributed by atoms with Gasteiger partial charge in [0.05, 0.1) is 0 Å². The van der Waals surface area contributed by atoms with E-state index in [0.29, 0.717) is 12.0 Å². The predicted molar refractivity (Wildman–Crippen MR) is 38.5 cm³/mol. The summed E-state index contributed by atoms with van der Waals surface area (Å²) in [6.07, 6.45) is 5.83. The molecule has 1 fully saturated rings. The van der Waals surface area contributed by atoms with E-state index in [0.717, 1.165) is 18.7 Å². The van der Waals surface area contributed by atoms with Crippen molar-refractivity contribution in [1.29, 1.82) is 0 Å². The number of hydrogen-bond donors (Lipinski definition) is 2. The fourth-order valence-electron chi connectivity index (χ4n) is 1.39. The topological polar surface area (TPSA) is 54.7 Å². The van der Waals surface area contributed by atoms with Crippen molar-refractivity contribution in [3.05, 3.63) is 18.2 Å². The first-order valence-electron chi connectivity index (χ1n) is 3.61. The van der Waals surface area contributed by atoms with Crippen molar-refractivity contribution in [2.75, 3.05) is 0 Å². The Morgan fingerprint density at radius 3 is 2.90 bits per heavy atom. The number of imidazole rings is 1. The molecular weight excluding hydrogens is 126 g/mol. The lowest BCUT2D eigenvalue weighted by atomic mass is 9.80. The number of nitrogens with two attached hydrogens (primary N) is 1. The van der Waals surface area contributed by atoms with Crippen LogP contribution in [0.15, 0.2) is 12.4 Å². The second kappa shape index (κ2) is 2.09. The monoisotopic (exact) mass is 137 g/mol. The molecule has 0 aliphatic heterocycles. The molecule has 3 N–H and O–H groups in total. The zero-order valence-electron chi connectivity index (χ0n) is 5.75. The fraction of sp³-hybridized carbons (Fsp3) is 0.571. The van der Waals surface area contributed by atoms with Crippen LogP contribution in [0.2, 0.25) is 0 Å². The Morgan fingerprint density at radius 2 is 2.40 bits per heavy atom. The summed E-state index contributed by atoms with van der Waals surface area (Å²) in [5.41, 5.74) is 5.63.